The maximum atomic E-state index is 12.0. The smallest absolute Gasteiger partial charge is 0.255 e. The van der Waals surface area contributed by atoms with Crippen LogP contribution in [0.3, 0.4) is 0 Å². The van der Waals surface area contributed by atoms with Gasteiger partial charge in [-0.1, -0.05) is 0 Å². The number of carbonyl (C=O) groups is 1. The molecule has 0 aromatic carbocycles. The van der Waals surface area contributed by atoms with Crippen LogP contribution >= 0.6 is 11.6 Å². The van der Waals surface area contributed by atoms with Crippen LogP contribution in [0.15, 0.2) is 4.79 Å². The molecule has 0 amide bonds. The predicted molar refractivity (Wildman–Crippen MR) is 70.2 cm³/mol. The van der Waals surface area contributed by atoms with Crippen molar-refractivity contribution in [3.63, 3.8) is 0 Å². The predicted octanol–water partition coefficient (Wildman–Crippen LogP) is 1.38. The largest absolute Gasteiger partial charge is 0.342 e. The van der Waals surface area contributed by atoms with Crippen LogP contribution in [-0.4, -0.2) is 28.3 Å². The Balaban J connectivity index is 2.23. The molecule has 1 aromatic heterocycles. The zero-order chi connectivity index (χ0) is 13.1. The fourth-order valence-corrected chi connectivity index (χ4v) is 2.29. The van der Waals surface area contributed by atoms with Gasteiger partial charge >= 0.3 is 0 Å². The van der Waals surface area contributed by atoms with Crippen molar-refractivity contribution in [2.75, 3.05) is 18.0 Å². The third-order valence-corrected chi connectivity index (χ3v) is 3.38. The van der Waals surface area contributed by atoms with E-state index in [4.69, 9.17) is 11.6 Å². The zero-order valence-electron chi connectivity index (χ0n) is 10.3. The Labute approximate surface area is 110 Å². The fourth-order valence-electron chi connectivity index (χ4n) is 2.19. The minimum absolute atomic E-state index is 0.163. The molecule has 5 nitrogen and oxygen atoms in total. The number of nitrogens with one attached hydrogen (secondary N) is 1. The summed E-state index contributed by atoms with van der Waals surface area (Å²) in [6.07, 6.45) is 2.77. The summed E-state index contributed by atoms with van der Waals surface area (Å²) in [5, 5.41) is -0.433. The fraction of sp³-hybridized carbons (Fsp3) is 0.583. The first-order chi connectivity index (χ1) is 8.58. The zero-order valence-corrected chi connectivity index (χ0v) is 11.1. The van der Waals surface area contributed by atoms with Crippen molar-refractivity contribution >= 4 is 22.8 Å². The number of carbonyl (C=O) groups excluding carboxylic acids is 1. The third-order valence-electron chi connectivity index (χ3n) is 3.19. The van der Waals surface area contributed by atoms with E-state index in [1.807, 2.05) is 0 Å². The molecule has 1 aromatic rings. The molecular weight excluding hydrogens is 254 g/mol. The normalized spacial score (nSPS) is 15.1. The van der Waals surface area contributed by atoms with Crippen LogP contribution in [0.25, 0.3) is 0 Å². The van der Waals surface area contributed by atoms with Gasteiger partial charge in [0.2, 0.25) is 11.2 Å². The van der Waals surface area contributed by atoms with Gasteiger partial charge in [0, 0.05) is 30.8 Å². The van der Waals surface area contributed by atoms with E-state index in [0.717, 1.165) is 25.9 Å². The van der Waals surface area contributed by atoms with E-state index in [-0.39, 0.29) is 12.0 Å². The van der Waals surface area contributed by atoms with Crippen LogP contribution < -0.4 is 10.5 Å². The Kier molecular flexibility index (Phi) is 4.01. The van der Waals surface area contributed by atoms with Gasteiger partial charge in [0.25, 0.3) is 5.56 Å². The number of H-pyrrole nitrogens is 1. The summed E-state index contributed by atoms with van der Waals surface area (Å²) in [4.78, 5) is 32.0. The van der Waals surface area contributed by atoms with Crippen LogP contribution in [0.2, 0.25) is 0 Å². The summed E-state index contributed by atoms with van der Waals surface area (Å²) in [5.74, 6) is 0.635. The van der Waals surface area contributed by atoms with Crippen LogP contribution in [0.4, 0.5) is 5.95 Å². The second kappa shape index (κ2) is 5.52. The summed E-state index contributed by atoms with van der Waals surface area (Å²) < 4.78 is 0. The van der Waals surface area contributed by atoms with Crippen molar-refractivity contribution in [3.8, 4) is 0 Å². The monoisotopic (exact) mass is 269 g/mol. The lowest BCUT2D eigenvalue weighted by atomic mass is 10.1. The number of rotatable bonds is 4. The van der Waals surface area contributed by atoms with E-state index in [2.05, 4.69) is 14.9 Å². The Bertz CT molecular complexity index is 507. The number of nitrogens with zero attached hydrogens (tertiary/aromatic N) is 2. The molecular formula is C12H16ClN3O2. The highest BCUT2D eigenvalue weighted by molar-refractivity contribution is 6.63. The first-order valence-corrected chi connectivity index (χ1v) is 6.49. The Morgan fingerprint density at radius 1 is 1.44 bits per heavy atom. The van der Waals surface area contributed by atoms with Crippen LogP contribution in [0.1, 0.15) is 30.5 Å². The summed E-state index contributed by atoms with van der Waals surface area (Å²) in [6, 6.07) is 0. The standard InChI is InChI=1S/C12H16ClN3O2/c1-8-9(4-5-10(13)17)11(18)15-12(14-8)16-6-2-3-7-16/h2-7H2,1H3,(H,14,15,18). The number of aromatic amines is 1. The second-order valence-electron chi connectivity index (χ2n) is 4.50. The SMILES string of the molecule is Cc1nc(N2CCCC2)[nH]c(=O)c1CCC(=O)Cl. The molecule has 0 radical (unpaired) electrons. The van der Waals surface area contributed by atoms with Crippen LogP contribution in [0, 0.1) is 6.92 Å². The first-order valence-electron chi connectivity index (χ1n) is 6.11. The number of hydrogen-bond donors (Lipinski definition) is 1. The molecule has 1 N–H and O–H groups in total. The summed E-state index contributed by atoms with van der Waals surface area (Å²) in [7, 11) is 0. The minimum atomic E-state index is -0.433. The molecule has 0 atom stereocenters. The highest BCUT2D eigenvalue weighted by Gasteiger charge is 2.17. The van der Waals surface area contributed by atoms with Crippen molar-refractivity contribution in [2.45, 2.75) is 32.6 Å². The van der Waals surface area contributed by atoms with Crippen molar-refractivity contribution in [3.05, 3.63) is 21.6 Å². The number of anilines is 1. The van der Waals surface area contributed by atoms with E-state index < -0.39 is 5.24 Å². The summed E-state index contributed by atoms with van der Waals surface area (Å²) in [6.45, 7) is 3.66. The lowest BCUT2D eigenvalue weighted by Crippen LogP contribution is -2.26. The van der Waals surface area contributed by atoms with Gasteiger partial charge in [0.05, 0.1) is 0 Å². The van der Waals surface area contributed by atoms with E-state index in [1.54, 1.807) is 6.92 Å². The molecule has 2 rings (SSSR count). The molecule has 1 aliphatic rings. The summed E-state index contributed by atoms with van der Waals surface area (Å²) >= 11 is 5.29. The quantitative estimate of drug-likeness (QED) is 0.839. The summed E-state index contributed by atoms with van der Waals surface area (Å²) in [5.41, 5.74) is 1.06. The average molecular weight is 270 g/mol. The lowest BCUT2D eigenvalue weighted by Gasteiger charge is -2.16. The molecule has 0 unspecified atom stereocenters. The van der Waals surface area contributed by atoms with Gasteiger partial charge in [0.1, 0.15) is 0 Å². The molecule has 6 heteroatoms. The third kappa shape index (κ3) is 2.90. The topological polar surface area (TPSA) is 66.1 Å². The molecule has 1 fully saturated rings. The van der Waals surface area contributed by atoms with E-state index >= 15 is 0 Å². The van der Waals surface area contributed by atoms with Crippen LogP contribution in [-0.2, 0) is 11.2 Å². The molecule has 0 spiro atoms. The van der Waals surface area contributed by atoms with Gasteiger partial charge < -0.3 is 4.90 Å². The molecule has 0 saturated carbocycles. The molecule has 1 saturated heterocycles. The van der Waals surface area contributed by atoms with Crippen LogP contribution in [0.5, 0.6) is 0 Å². The van der Waals surface area contributed by atoms with Crippen molar-refractivity contribution in [1.29, 1.82) is 0 Å². The van der Waals surface area contributed by atoms with Gasteiger partial charge in [-0.3, -0.25) is 14.6 Å². The van der Waals surface area contributed by atoms with E-state index in [9.17, 15) is 9.59 Å². The van der Waals surface area contributed by atoms with Gasteiger partial charge in [-0.2, -0.15) is 0 Å². The first kappa shape index (κ1) is 13.1. The van der Waals surface area contributed by atoms with Gasteiger partial charge in [-0.05, 0) is 37.8 Å². The molecule has 1 aliphatic heterocycles. The number of aryl methyl sites for hydroxylation is 1. The van der Waals surface area contributed by atoms with Crippen molar-refractivity contribution < 1.29 is 4.79 Å². The maximum Gasteiger partial charge on any atom is 0.255 e. The van der Waals surface area contributed by atoms with Crippen molar-refractivity contribution in [2.24, 2.45) is 0 Å². The Morgan fingerprint density at radius 2 is 2.11 bits per heavy atom. The molecule has 0 bridgehead atoms. The Hall–Kier alpha value is -1.36. The van der Waals surface area contributed by atoms with Gasteiger partial charge in [-0.15, -0.1) is 0 Å². The average Bonchev–Trinajstić information content (AvgIpc) is 2.80. The molecule has 0 aliphatic carbocycles. The maximum absolute atomic E-state index is 12.0. The second-order valence-corrected chi connectivity index (χ2v) is 4.92. The highest BCUT2D eigenvalue weighted by Crippen LogP contribution is 2.15. The number of hydrogen-bond acceptors (Lipinski definition) is 4. The van der Waals surface area contributed by atoms with Crippen molar-refractivity contribution in [1.82, 2.24) is 9.97 Å². The molecule has 18 heavy (non-hydrogen) atoms. The highest BCUT2D eigenvalue weighted by atomic mass is 35.5. The van der Waals surface area contributed by atoms with E-state index in [0.29, 0.717) is 23.6 Å². The molecule has 98 valence electrons. The number of aromatic nitrogens is 2. The van der Waals surface area contributed by atoms with Gasteiger partial charge in [-0.25, -0.2) is 4.98 Å². The minimum Gasteiger partial charge on any atom is -0.342 e. The Morgan fingerprint density at radius 3 is 2.67 bits per heavy atom. The number of halogens is 1. The molecule has 2 heterocycles. The van der Waals surface area contributed by atoms with Gasteiger partial charge in [0.15, 0.2) is 0 Å². The van der Waals surface area contributed by atoms with E-state index in [1.165, 1.54) is 0 Å². The lowest BCUT2D eigenvalue weighted by molar-refractivity contribution is -0.111.